The number of nitrogens with zero attached hydrogens (tertiary/aromatic N) is 2. The van der Waals surface area contributed by atoms with Gasteiger partial charge in [0.25, 0.3) is 0 Å². The molecule has 3 unspecified atom stereocenters. The molecular formula is C21H41N3O3. The lowest BCUT2D eigenvalue weighted by Crippen LogP contribution is -2.63. The topological polar surface area (TPSA) is 55.3 Å². The Morgan fingerprint density at radius 2 is 2.04 bits per heavy atom. The third-order valence-corrected chi connectivity index (χ3v) is 5.98. The largest absolute Gasteiger partial charge is 0.382 e. The van der Waals surface area contributed by atoms with Crippen molar-refractivity contribution in [3.05, 3.63) is 0 Å². The van der Waals surface area contributed by atoms with E-state index >= 15 is 0 Å². The summed E-state index contributed by atoms with van der Waals surface area (Å²) < 4.78 is 16.9. The highest BCUT2D eigenvalue weighted by molar-refractivity contribution is 5.80. The third-order valence-electron chi connectivity index (χ3n) is 5.98. The Morgan fingerprint density at radius 3 is 2.70 bits per heavy atom. The first-order chi connectivity index (χ1) is 13.0. The molecule has 6 nitrogen and oxygen atoms in total. The number of rotatable bonds is 11. The van der Waals surface area contributed by atoms with Crippen LogP contribution in [0.5, 0.6) is 0 Å². The minimum Gasteiger partial charge on any atom is -0.382 e. The van der Waals surface area contributed by atoms with Crippen molar-refractivity contribution in [2.45, 2.75) is 65.5 Å². The minimum atomic E-state index is 0.143. The van der Waals surface area contributed by atoms with Crippen LogP contribution in [-0.2, 0) is 14.2 Å². The molecule has 1 aliphatic carbocycles. The third kappa shape index (κ3) is 6.33. The number of guanidine groups is 1. The lowest BCUT2D eigenvalue weighted by molar-refractivity contribution is -0.114. The summed E-state index contributed by atoms with van der Waals surface area (Å²) in [5.41, 5.74) is 0.143. The molecule has 2 rings (SSSR count). The van der Waals surface area contributed by atoms with Crippen molar-refractivity contribution in [3.8, 4) is 0 Å². The van der Waals surface area contributed by atoms with Gasteiger partial charge in [0, 0.05) is 50.7 Å². The predicted molar refractivity (Wildman–Crippen MR) is 110 cm³/mol. The second-order valence-electron chi connectivity index (χ2n) is 8.43. The van der Waals surface area contributed by atoms with Crippen LogP contribution >= 0.6 is 0 Å². The fraction of sp³-hybridized carbons (Fsp3) is 0.952. The molecule has 1 N–H and O–H groups in total. The van der Waals surface area contributed by atoms with Crippen molar-refractivity contribution in [3.63, 3.8) is 0 Å². The molecule has 0 bridgehead atoms. The molecule has 1 saturated heterocycles. The van der Waals surface area contributed by atoms with Gasteiger partial charge >= 0.3 is 0 Å². The number of ether oxygens (including phenoxy) is 3. The lowest BCUT2D eigenvalue weighted by atomic mass is 9.64. The highest BCUT2D eigenvalue weighted by Crippen LogP contribution is 2.43. The summed E-state index contributed by atoms with van der Waals surface area (Å²) in [4.78, 5) is 7.17. The maximum Gasteiger partial charge on any atom is 0.194 e. The lowest BCUT2D eigenvalue weighted by Gasteiger charge is -2.52. The Hall–Kier alpha value is -0.850. The summed E-state index contributed by atoms with van der Waals surface area (Å²) in [6.07, 6.45) is 4.91. The number of nitrogens with one attached hydrogen (secondary N) is 1. The molecule has 158 valence electrons. The fourth-order valence-corrected chi connectivity index (χ4v) is 3.88. The number of aliphatic imine (C=N–C) groups is 1. The van der Waals surface area contributed by atoms with Gasteiger partial charge in [-0.25, -0.2) is 0 Å². The first-order valence-corrected chi connectivity index (χ1v) is 10.8. The molecule has 0 spiro atoms. The van der Waals surface area contributed by atoms with Crippen LogP contribution in [0.15, 0.2) is 4.99 Å². The standard InChI is InChI=1S/C21H41N3O3/c1-6-8-11-27-19-14-18(21(19,3)4)23-20(22-7-2)24-10-9-17(15-24)16-26-13-12-25-5/h17-19H,6-16H2,1-5H3,(H,22,23). The summed E-state index contributed by atoms with van der Waals surface area (Å²) in [5.74, 6) is 1.63. The summed E-state index contributed by atoms with van der Waals surface area (Å²) in [6.45, 7) is 14.8. The Morgan fingerprint density at radius 1 is 1.22 bits per heavy atom. The molecule has 0 aromatic rings. The number of unbranched alkanes of at least 4 members (excludes halogenated alkanes) is 1. The van der Waals surface area contributed by atoms with Crippen LogP contribution in [0, 0.1) is 11.3 Å². The van der Waals surface area contributed by atoms with Crippen LogP contribution in [0.4, 0.5) is 0 Å². The van der Waals surface area contributed by atoms with Gasteiger partial charge in [-0.2, -0.15) is 0 Å². The molecule has 1 aliphatic heterocycles. The van der Waals surface area contributed by atoms with Gasteiger partial charge in [0.1, 0.15) is 0 Å². The summed E-state index contributed by atoms with van der Waals surface area (Å²) >= 11 is 0. The molecule has 0 aromatic carbocycles. The van der Waals surface area contributed by atoms with Crippen LogP contribution in [0.2, 0.25) is 0 Å². The van der Waals surface area contributed by atoms with Crippen molar-refractivity contribution in [2.75, 3.05) is 53.2 Å². The molecule has 0 radical (unpaired) electrons. The van der Waals surface area contributed by atoms with Gasteiger partial charge in [0.2, 0.25) is 0 Å². The smallest absolute Gasteiger partial charge is 0.194 e. The monoisotopic (exact) mass is 383 g/mol. The maximum atomic E-state index is 6.09. The maximum absolute atomic E-state index is 6.09. The second kappa shape index (κ2) is 11.2. The van der Waals surface area contributed by atoms with Crippen LogP contribution in [0.25, 0.3) is 0 Å². The molecule has 1 saturated carbocycles. The Balaban J connectivity index is 1.80. The minimum absolute atomic E-state index is 0.143. The quantitative estimate of drug-likeness (QED) is 0.338. The number of hydrogen-bond donors (Lipinski definition) is 1. The highest BCUT2D eigenvalue weighted by Gasteiger charge is 2.49. The van der Waals surface area contributed by atoms with E-state index in [1.165, 1.54) is 6.42 Å². The Bertz CT molecular complexity index is 456. The molecule has 3 atom stereocenters. The van der Waals surface area contributed by atoms with E-state index in [9.17, 15) is 0 Å². The zero-order chi connectivity index (χ0) is 19.7. The summed E-state index contributed by atoms with van der Waals surface area (Å²) in [6, 6.07) is 0.423. The molecule has 1 heterocycles. The van der Waals surface area contributed by atoms with E-state index in [0.717, 1.165) is 58.1 Å². The fourth-order valence-electron chi connectivity index (χ4n) is 3.88. The van der Waals surface area contributed by atoms with Gasteiger partial charge in [-0.15, -0.1) is 0 Å². The van der Waals surface area contributed by atoms with Gasteiger partial charge < -0.3 is 24.4 Å². The van der Waals surface area contributed by atoms with E-state index in [0.29, 0.717) is 31.3 Å². The van der Waals surface area contributed by atoms with Gasteiger partial charge in [-0.1, -0.05) is 27.2 Å². The van der Waals surface area contributed by atoms with Crippen LogP contribution in [0.3, 0.4) is 0 Å². The van der Waals surface area contributed by atoms with Crippen molar-refractivity contribution in [2.24, 2.45) is 16.3 Å². The molecule has 27 heavy (non-hydrogen) atoms. The molecule has 2 fully saturated rings. The van der Waals surface area contributed by atoms with E-state index < -0.39 is 0 Å². The Labute approximate surface area is 166 Å². The number of hydrogen-bond acceptors (Lipinski definition) is 4. The van der Waals surface area contributed by atoms with E-state index in [1.54, 1.807) is 7.11 Å². The molecule has 0 aromatic heterocycles. The SMILES string of the molecule is CCCCOC1CC(NC(=NCC)N2CCC(COCCOC)C2)C1(C)C. The van der Waals surface area contributed by atoms with Crippen molar-refractivity contribution >= 4 is 5.96 Å². The first-order valence-electron chi connectivity index (χ1n) is 10.8. The van der Waals surface area contributed by atoms with Gasteiger partial charge in [0.15, 0.2) is 5.96 Å². The first kappa shape index (κ1) is 22.4. The van der Waals surface area contributed by atoms with E-state index in [1.807, 2.05) is 0 Å². The average Bonchev–Trinajstić information content (AvgIpc) is 3.12. The molecular weight excluding hydrogens is 342 g/mol. The van der Waals surface area contributed by atoms with Crippen molar-refractivity contribution in [1.82, 2.24) is 10.2 Å². The van der Waals surface area contributed by atoms with Gasteiger partial charge in [-0.05, 0) is 26.2 Å². The number of methoxy groups -OCH3 is 1. The van der Waals surface area contributed by atoms with Gasteiger partial charge in [0.05, 0.1) is 25.9 Å². The molecule has 0 amide bonds. The highest BCUT2D eigenvalue weighted by atomic mass is 16.5. The van der Waals surface area contributed by atoms with Gasteiger partial charge in [-0.3, -0.25) is 4.99 Å². The zero-order valence-electron chi connectivity index (χ0n) is 18.1. The molecule has 6 heteroatoms. The summed E-state index contributed by atoms with van der Waals surface area (Å²) in [5, 5.41) is 3.74. The van der Waals surface area contributed by atoms with Crippen LogP contribution in [-0.4, -0.2) is 76.2 Å². The van der Waals surface area contributed by atoms with E-state index in [2.05, 4.69) is 37.9 Å². The van der Waals surface area contributed by atoms with Crippen molar-refractivity contribution < 1.29 is 14.2 Å². The van der Waals surface area contributed by atoms with Crippen LogP contribution < -0.4 is 5.32 Å². The van der Waals surface area contributed by atoms with E-state index in [4.69, 9.17) is 19.2 Å². The normalized spacial score (nSPS) is 27.7. The van der Waals surface area contributed by atoms with E-state index in [-0.39, 0.29) is 5.41 Å². The van der Waals surface area contributed by atoms with Crippen molar-refractivity contribution in [1.29, 1.82) is 0 Å². The Kier molecular flexibility index (Phi) is 9.33. The average molecular weight is 384 g/mol. The molecule has 2 aliphatic rings. The zero-order valence-corrected chi connectivity index (χ0v) is 18.1. The van der Waals surface area contributed by atoms with Crippen LogP contribution in [0.1, 0.15) is 53.4 Å². The summed E-state index contributed by atoms with van der Waals surface area (Å²) in [7, 11) is 1.71. The number of likely N-dealkylation sites (tertiary alicyclic amines) is 1. The predicted octanol–water partition coefficient (Wildman–Crippen LogP) is 2.92. The second-order valence-corrected chi connectivity index (χ2v) is 8.43.